The monoisotopic (exact) mass is 611 g/mol. The van der Waals surface area contributed by atoms with Crippen molar-refractivity contribution in [3.63, 3.8) is 0 Å². The van der Waals surface area contributed by atoms with Crippen molar-refractivity contribution in [2.24, 2.45) is 5.10 Å². The summed E-state index contributed by atoms with van der Waals surface area (Å²) in [5.41, 5.74) is 10.6. The Balaban J connectivity index is 1.33. The predicted molar refractivity (Wildman–Crippen MR) is 146 cm³/mol. The van der Waals surface area contributed by atoms with Gasteiger partial charge >= 0.3 is 0 Å². The number of carbonyl (C=O) groups excluding carboxylic acids is 1. The van der Waals surface area contributed by atoms with Crippen LogP contribution in [0.15, 0.2) is 56.7 Å². The van der Waals surface area contributed by atoms with E-state index in [1.807, 2.05) is 30.3 Å². The number of carbonyl (C=O) groups is 1. The average molecular weight is 612 g/mol. The number of nitrogens with two attached hydrogens (primary N) is 1. The van der Waals surface area contributed by atoms with Crippen LogP contribution in [0.2, 0.25) is 0 Å². The molecule has 0 spiro atoms. The summed E-state index contributed by atoms with van der Waals surface area (Å²) in [5, 5.41) is 19.7. The maximum Gasteiger partial charge on any atom is 0.292 e. The van der Waals surface area contributed by atoms with Crippen LogP contribution in [0.1, 0.15) is 27.3 Å². The molecule has 1 aliphatic rings. The van der Waals surface area contributed by atoms with Gasteiger partial charge in [-0.25, -0.2) is 10.1 Å². The Morgan fingerprint density at radius 1 is 1.23 bits per heavy atom. The summed E-state index contributed by atoms with van der Waals surface area (Å²) in [7, 11) is 1.55. The zero-order valence-corrected chi connectivity index (χ0v) is 23.1. The summed E-state index contributed by atoms with van der Waals surface area (Å²) >= 11 is 3.54. The number of hydrogen-bond donors (Lipinski definition) is 2. The normalized spacial score (nSPS) is 13.9. The van der Waals surface area contributed by atoms with Crippen molar-refractivity contribution in [3.05, 3.63) is 69.5 Å². The van der Waals surface area contributed by atoms with E-state index in [0.717, 1.165) is 5.56 Å². The molecule has 15 heteroatoms. The zero-order valence-electron chi connectivity index (χ0n) is 21.5. The first-order valence-electron chi connectivity index (χ1n) is 12.2. The Bertz CT molecular complexity index is 1490. The summed E-state index contributed by atoms with van der Waals surface area (Å²) in [4.78, 5) is 15.4. The van der Waals surface area contributed by atoms with Crippen LogP contribution in [0.4, 0.5) is 5.82 Å². The highest BCUT2D eigenvalue weighted by molar-refractivity contribution is 9.10. The molecule has 1 aliphatic heterocycles. The van der Waals surface area contributed by atoms with Gasteiger partial charge in [0.25, 0.3) is 5.91 Å². The number of nitrogen functional groups attached to an aromatic ring is 1. The van der Waals surface area contributed by atoms with E-state index in [0.29, 0.717) is 66.7 Å². The molecule has 4 aromatic rings. The topological polar surface area (TPSA) is 168 Å². The van der Waals surface area contributed by atoms with Gasteiger partial charge in [0.1, 0.15) is 12.3 Å². The lowest BCUT2D eigenvalue weighted by Crippen LogP contribution is -2.36. The predicted octanol–water partition coefficient (Wildman–Crippen LogP) is 2.18. The molecular weight excluding hydrogens is 586 g/mol. The Hall–Kier alpha value is -4.34. The fourth-order valence-corrected chi connectivity index (χ4v) is 4.58. The van der Waals surface area contributed by atoms with Gasteiger partial charge in [0.2, 0.25) is 11.6 Å². The van der Waals surface area contributed by atoms with Crippen LogP contribution < -0.4 is 20.6 Å². The lowest BCUT2D eigenvalue weighted by atomic mass is 10.2. The van der Waals surface area contributed by atoms with E-state index in [-0.39, 0.29) is 17.3 Å². The number of morpholine rings is 1. The number of benzene rings is 2. The maximum absolute atomic E-state index is 13.3. The van der Waals surface area contributed by atoms with E-state index >= 15 is 0 Å². The molecule has 0 saturated carbocycles. The fraction of sp³-hybridized carbons (Fsp3) is 0.280. The number of rotatable bonds is 10. The Kier molecular flexibility index (Phi) is 8.63. The molecule has 14 nitrogen and oxygen atoms in total. The second kappa shape index (κ2) is 12.7. The van der Waals surface area contributed by atoms with Crippen molar-refractivity contribution < 1.29 is 23.6 Å². The number of ether oxygens (including phenoxy) is 3. The number of hydrazone groups is 1. The highest BCUT2D eigenvalue weighted by Gasteiger charge is 2.26. The van der Waals surface area contributed by atoms with Crippen molar-refractivity contribution >= 4 is 33.9 Å². The molecule has 1 saturated heterocycles. The molecule has 3 N–H and O–H groups in total. The maximum atomic E-state index is 13.3. The third-order valence-electron chi connectivity index (χ3n) is 5.99. The molecule has 3 heterocycles. The van der Waals surface area contributed by atoms with Crippen LogP contribution >= 0.6 is 15.9 Å². The second-order valence-corrected chi connectivity index (χ2v) is 9.52. The lowest BCUT2D eigenvalue weighted by molar-refractivity contribution is 0.0335. The van der Waals surface area contributed by atoms with Gasteiger partial charge in [-0.05, 0) is 49.5 Å². The molecule has 0 atom stereocenters. The minimum atomic E-state index is -0.569. The van der Waals surface area contributed by atoms with Crippen molar-refractivity contribution in [1.29, 1.82) is 0 Å². The molecule has 1 fully saturated rings. The summed E-state index contributed by atoms with van der Waals surface area (Å²) in [6, 6.07) is 13.4. The van der Waals surface area contributed by atoms with E-state index < -0.39 is 5.91 Å². The molecular formula is C25H26BrN9O5. The Morgan fingerprint density at radius 2 is 2.02 bits per heavy atom. The first-order chi connectivity index (χ1) is 19.5. The van der Waals surface area contributed by atoms with Crippen LogP contribution in [0.3, 0.4) is 0 Å². The molecule has 5 rings (SSSR count). The van der Waals surface area contributed by atoms with Crippen molar-refractivity contribution in [2.75, 3.05) is 39.1 Å². The molecule has 2 aromatic heterocycles. The smallest absolute Gasteiger partial charge is 0.292 e. The lowest BCUT2D eigenvalue weighted by Gasteiger charge is -2.25. The number of nitrogens with one attached hydrogen (secondary N) is 1. The summed E-state index contributed by atoms with van der Waals surface area (Å²) in [6.45, 7) is 3.32. The van der Waals surface area contributed by atoms with E-state index in [9.17, 15) is 4.79 Å². The largest absolute Gasteiger partial charge is 0.493 e. The van der Waals surface area contributed by atoms with E-state index in [2.05, 4.69) is 56.6 Å². The highest BCUT2D eigenvalue weighted by Crippen LogP contribution is 2.36. The minimum absolute atomic E-state index is 0.0353. The van der Waals surface area contributed by atoms with Gasteiger partial charge in [-0.3, -0.25) is 9.69 Å². The molecule has 2 aromatic carbocycles. The number of aromatic nitrogens is 5. The van der Waals surface area contributed by atoms with Gasteiger partial charge in [-0.15, -0.1) is 5.10 Å². The molecule has 1 amide bonds. The van der Waals surface area contributed by atoms with E-state index in [4.69, 9.17) is 19.9 Å². The molecule has 208 valence electrons. The Morgan fingerprint density at radius 3 is 2.75 bits per heavy atom. The van der Waals surface area contributed by atoms with Gasteiger partial charge in [-0.1, -0.05) is 35.5 Å². The number of halogens is 1. The second-order valence-electron chi connectivity index (χ2n) is 8.67. The fourth-order valence-electron chi connectivity index (χ4n) is 4.01. The van der Waals surface area contributed by atoms with Crippen LogP contribution in [0, 0.1) is 0 Å². The SMILES string of the molecule is COc1cc(/C=N\NC(=O)c2c(CN3CCOCC3)nnn2-c2nonc2N)cc(Br)c1OCc1ccccc1. The van der Waals surface area contributed by atoms with Crippen molar-refractivity contribution in [2.45, 2.75) is 13.2 Å². The van der Waals surface area contributed by atoms with E-state index in [1.165, 1.54) is 10.9 Å². The van der Waals surface area contributed by atoms with Gasteiger partial charge in [0.15, 0.2) is 17.2 Å². The van der Waals surface area contributed by atoms with Crippen LogP contribution in [0.25, 0.3) is 5.82 Å². The van der Waals surface area contributed by atoms with Gasteiger partial charge in [0, 0.05) is 19.6 Å². The van der Waals surface area contributed by atoms with E-state index in [1.54, 1.807) is 19.2 Å². The van der Waals surface area contributed by atoms with Crippen molar-refractivity contribution in [3.8, 4) is 17.3 Å². The molecule has 40 heavy (non-hydrogen) atoms. The quantitative estimate of drug-likeness (QED) is 0.199. The molecule has 0 bridgehead atoms. The zero-order chi connectivity index (χ0) is 27.9. The van der Waals surface area contributed by atoms with Crippen molar-refractivity contribution in [1.82, 2.24) is 35.6 Å². The molecule has 0 aliphatic carbocycles. The minimum Gasteiger partial charge on any atom is -0.493 e. The van der Waals surface area contributed by atoms with Gasteiger partial charge in [0.05, 0.1) is 31.0 Å². The summed E-state index contributed by atoms with van der Waals surface area (Å²) in [5.74, 6) is 0.499. The van der Waals surface area contributed by atoms with Crippen LogP contribution in [0.5, 0.6) is 11.5 Å². The van der Waals surface area contributed by atoms with Crippen LogP contribution in [-0.4, -0.2) is 75.7 Å². The van der Waals surface area contributed by atoms with Gasteiger partial charge in [-0.2, -0.15) is 9.78 Å². The number of hydrogen-bond acceptors (Lipinski definition) is 12. The average Bonchev–Trinajstić information content (AvgIpc) is 3.58. The third-order valence-corrected chi connectivity index (χ3v) is 6.57. The number of anilines is 1. The number of nitrogens with zero attached hydrogens (tertiary/aromatic N) is 7. The molecule has 0 unspecified atom stereocenters. The number of methoxy groups -OCH3 is 1. The highest BCUT2D eigenvalue weighted by atomic mass is 79.9. The number of amides is 1. The summed E-state index contributed by atoms with van der Waals surface area (Å²) < 4.78 is 23.5. The standard InChI is InChI=1S/C25H26BrN9O5/c1-37-20-12-17(11-18(26)22(20)39-15-16-5-3-2-4-6-16)13-28-30-25(36)21-19(14-34-7-9-38-10-8-34)29-33-35(21)24-23(27)31-40-32-24/h2-6,11-13H,7-10,14-15H2,1H3,(H2,27,31)(H,30,36)/b28-13-. The summed E-state index contributed by atoms with van der Waals surface area (Å²) in [6.07, 6.45) is 1.48. The first-order valence-corrected chi connectivity index (χ1v) is 13.0. The van der Waals surface area contributed by atoms with Gasteiger partial charge < -0.3 is 19.9 Å². The molecule has 0 radical (unpaired) electrons. The van der Waals surface area contributed by atoms with Crippen LogP contribution in [-0.2, 0) is 17.9 Å². The Labute approximate surface area is 237 Å². The third kappa shape index (κ3) is 6.27. The first kappa shape index (κ1) is 27.2.